The average Bonchev–Trinajstić information content (AvgIpc) is 2.31. The normalized spacial score (nSPS) is 29.9. The Hall–Kier alpha value is 0. The molecule has 0 N–H and O–H groups in total. The molecule has 82 valence electrons. The van der Waals surface area contributed by atoms with E-state index in [9.17, 15) is 0 Å². The summed E-state index contributed by atoms with van der Waals surface area (Å²) >= 11 is 0. The van der Waals surface area contributed by atoms with E-state index in [1.807, 2.05) is 0 Å². The molecule has 0 aliphatic heterocycles. The lowest BCUT2D eigenvalue weighted by Gasteiger charge is -2.26. The molecule has 0 radical (unpaired) electrons. The fraction of sp³-hybridized carbons (Fsp3) is 1.00. The largest absolute Gasteiger partial charge is 0.0533 e. The summed E-state index contributed by atoms with van der Waals surface area (Å²) in [7, 11) is 0. The molecule has 0 aromatic rings. The Morgan fingerprint density at radius 2 is 1.21 bits per heavy atom. The van der Waals surface area contributed by atoms with Gasteiger partial charge in [-0.25, -0.2) is 0 Å². The highest BCUT2D eigenvalue weighted by Gasteiger charge is 2.17. The molecule has 2 rings (SSSR count). The van der Waals surface area contributed by atoms with Crippen LogP contribution >= 0.6 is 0 Å². The van der Waals surface area contributed by atoms with E-state index >= 15 is 0 Å². The van der Waals surface area contributed by atoms with E-state index in [0.29, 0.717) is 0 Å². The van der Waals surface area contributed by atoms with Crippen molar-refractivity contribution in [2.75, 3.05) is 0 Å². The minimum atomic E-state index is 0.272. The van der Waals surface area contributed by atoms with Crippen molar-refractivity contribution in [3.05, 3.63) is 0 Å². The molecule has 2 saturated carbocycles. The molecule has 2 aliphatic carbocycles. The fourth-order valence-electron chi connectivity index (χ4n) is 3.18. The lowest BCUT2D eigenvalue weighted by molar-refractivity contribution is 0.273. The summed E-state index contributed by atoms with van der Waals surface area (Å²) in [6, 6.07) is 0. The van der Waals surface area contributed by atoms with Gasteiger partial charge in [0.1, 0.15) is 0 Å². The van der Waals surface area contributed by atoms with Crippen molar-refractivity contribution >= 4 is 0 Å². The SMILES string of the molecule is [2H]C(CC1CCCCC1)C1CCCCC1. The summed E-state index contributed by atoms with van der Waals surface area (Å²) in [5, 5.41) is 0. The van der Waals surface area contributed by atoms with Crippen LogP contribution in [0.15, 0.2) is 0 Å². The molecule has 0 heteroatoms. The number of rotatable bonds is 3. The topological polar surface area (TPSA) is 0 Å². The first-order chi connectivity index (χ1) is 7.36. The maximum Gasteiger partial charge on any atom is 0.0269 e. The lowest BCUT2D eigenvalue weighted by Crippen LogP contribution is -2.11. The van der Waals surface area contributed by atoms with Crippen LogP contribution in [0, 0.1) is 11.8 Å². The number of hydrogen-bond donors (Lipinski definition) is 0. The van der Waals surface area contributed by atoms with E-state index in [2.05, 4.69) is 0 Å². The van der Waals surface area contributed by atoms with Crippen LogP contribution in [0.25, 0.3) is 0 Å². The van der Waals surface area contributed by atoms with Gasteiger partial charge in [0.05, 0.1) is 0 Å². The highest BCUT2D eigenvalue weighted by Crippen LogP contribution is 2.32. The predicted molar refractivity (Wildman–Crippen MR) is 62.4 cm³/mol. The molecule has 2 aliphatic rings. The Labute approximate surface area is 90.9 Å². The smallest absolute Gasteiger partial charge is 0.0269 e. The van der Waals surface area contributed by atoms with Crippen LogP contribution in [0.3, 0.4) is 0 Å². The van der Waals surface area contributed by atoms with E-state index in [4.69, 9.17) is 1.37 Å². The molecule has 1 unspecified atom stereocenters. The third kappa shape index (κ3) is 3.29. The van der Waals surface area contributed by atoms with Crippen molar-refractivity contribution in [2.45, 2.75) is 77.0 Å². The Morgan fingerprint density at radius 3 is 1.79 bits per heavy atom. The van der Waals surface area contributed by atoms with E-state index in [1.165, 1.54) is 70.6 Å². The van der Waals surface area contributed by atoms with Gasteiger partial charge in [0.15, 0.2) is 0 Å². The molecule has 0 bridgehead atoms. The molecular weight excluding hydrogens is 168 g/mol. The van der Waals surface area contributed by atoms with Crippen LogP contribution in [0.1, 0.15) is 78.4 Å². The molecule has 0 nitrogen and oxygen atoms in total. The second kappa shape index (κ2) is 5.78. The molecule has 0 saturated heterocycles. The summed E-state index contributed by atoms with van der Waals surface area (Å²) in [5.41, 5.74) is 0. The van der Waals surface area contributed by atoms with Gasteiger partial charge in [0.25, 0.3) is 0 Å². The molecule has 1 atom stereocenters. The standard InChI is InChI=1S/C14H26/c1-3-7-13(8-4-1)11-12-14-9-5-2-6-10-14/h13-14H,1-12H2/i11D. The van der Waals surface area contributed by atoms with Crippen molar-refractivity contribution in [3.63, 3.8) is 0 Å². The molecule has 0 heterocycles. The summed E-state index contributed by atoms with van der Waals surface area (Å²) in [4.78, 5) is 0. The maximum absolute atomic E-state index is 8.30. The minimum Gasteiger partial charge on any atom is -0.0533 e. The number of hydrogen-bond acceptors (Lipinski definition) is 0. The summed E-state index contributed by atoms with van der Waals surface area (Å²) in [6.07, 6.45) is 15.5. The summed E-state index contributed by atoms with van der Waals surface area (Å²) in [6.45, 7) is 0. The zero-order valence-corrected chi connectivity index (χ0v) is 9.51. The molecule has 2 fully saturated rings. The Kier molecular flexibility index (Phi) is 3.81. The van der Waals surface area contributed by atoms with Crippen molar-refractivity contribution in [2.24, 2.45) is 11.8 Å². The third-order valence-corrected chi connectivity index (χ3v) is 4.18. The van der Waals surface area contributed by atoms with Crippen LogP contribution < -0.4 is 0 Å². The van der Waals surface area contributed by atoms with Crippen molar-refractivity contribution in [1.82, 2.24) is 0 Å². The van der Waals surface area contributed by atoms with Crippen LogP contribution in [-0.2, 0) is 0 Å². The molecule has 0 aromatic carbocycles. The van der Waals surface area contributed by atoms with Crippen LogP contribution in [0.2, 0.25) is 0 Å². The highest BCUT2D eigenvalue weighted by atomic mass is 14.2. The van der Waals surface area contributed by atoms with Gasteiger partial charge >= 0.3 is 0 Å². The highest BCUT2D eigenvalue weighted by molar-refractivity contribution is 4.70. The lowest BCUT2D eigenvalue weighted by atomic mass is 9.80. The first kappa shape index (κ1) is 9.24. The Bertz CT molecular complexity index is 166. The van der Waals surface area contributed by atoms with Gasteiger partial charge in [-0.2, -0.15) is 0 Å². The van der Waals surface area contributed by atoms with Crippen LogP contribution in [0.4, 0.5) is 0 Å². The van der Waals surface area contributed by atoms with Gasteiger partial charge in [0.2, 0.25) is 0 Å². The zero-order chi connectivity index (χ0) is 10.5. The summed E-state index contributed by atoms with van der Waals surface area (Å²) in [5.74, 6) is 1.66. The average molecular weight is 195 g/mol. The van der Waals surface area contributed by atoms with Gasteiger partial charge in [0, 0.05) is 1.37 Å². The van der Waals surface area contributed by atoms with Gasteiger partial charge < -0.3 is 0 Å². The monoisotopic (exact) mass is 195 g/mol. The van der Waals surface area contributed by atoms with E-state index in [-0.39, 0.29) is 6.40 Å². The molecule has 14 heavy (non-hydrogen) atoms. The quantitative estimate of drug-likeness (QED) is 0.599. The van der Waals surface area contributed by atoms with E-state index in [1.54, 1.807) is 0 Å². The minimum absolute atomic E-state index is 0.272. The van der Waals surface area contributed by atoms with E-state index < -0.39 is 0 Å². The van der Waals surface area contributed by atoms with Crippen molar-refractivity contribution in [3.8, 4) is 0 Å². The van der Waals surface area contributed by atoms with E-state index in [0.717, 1.165) is 11.8 Å². The van der Waals surface area contributed by atoms with Gasteiger partial charge in [-0.1, -0.05) is 77.0 Å². The van der Waals surface area contributed by atoms with Gasteiger partial charge in [-0.15, -0.1) is 0 Å². The molecule has 0 spiro atoms. The zero-order valence-electron chi connectivity index (χ0n) is 10.5. The van der Waals surface area contributed by atoms with Crippen molar-refractivity contribution < 1.29 is 1.37 Å². The van der Waals surface area contributed by atoms with Gasteiger partial charge in [-0.3, -0.25) is 0 Å². The molecule has 0 amide bonds. The molecule has 0 aromatic heterocycles. The van der Waals surface area contributed by atoms with Crippen molar-refractivity contribution in [1.29, 1.82) is 0 Å². The summed E-state index contributed by atoms with van der Waals surface area (Å²) < 4.78 is 8.30. The Balaban J connectivity index is 1.72. The third-order valence-electron chi connectivity index (χ3n) is 4.18. The second-order valence-electron chi connectivity index (χ2n) is 5.37. The molecular formula is C14H26. The first-order valence-electron chi connectivity index (χ1n) is 7.36. The maximum atomic E-state index is 8.30. The second-order valence-corrected chi connectivity index (χ2v) is 5.37. The van der Waals surface area contributed by atoms with Gasteiger partial charge in [-0.05, 0) is 11.8 Å². The predicted octanol–water partition coefficient (Wildman–Crippen LogP) is 4.93. The Morgan fingerprint density at radius 1 is 0.714 bits per heavy atom. The van der Waals surface area contributed by atoms with Crippen LogP contribution in [-0.4, -0.2) is 0 Å². The fourth-order valence-corrected chi connectivity index (χ4v) is 3.18. The first-order valence-corrected chi connectivity index (χ1v) is 6.78. The van der Waals surface area contributed by atoms with Crippen LogP contribution in [0.5, 0.6) is 0 Å².